The van der Waals surface area contributed by atoms with E-state index in [0.717, 1.165) is 25.0 Å². The molecular formula is C24H26ClN5O3. The van der Waals surface area contributed by atoms with Crippen molar-refractivity contribution in [2.75, 3.05) is 18.4 Å². The molecule has 0 aliphatic carbocycles. The number of benzene rings is 1. The zero-order chi connectivity index (χ0) is 23.5. The molecule has 4 rings (SSSR count). The van der Waals surface area contributed by atoms with Crippen LogP contribution in [0.3, 0.4) is 0 Å². The molecule has 1 aliphatic rings. The Balaban J connectivity index is 1.79. The second-order valence-corrected chi connectivity index (χ2v) is 8.43. The van der Waals surface area contributed by atoms with E-state index in [1.54, 1.807) is 29.3 Å². The van der Waals surface area contributed by atoms with E-state index in [-0.39, 0.29) is 28.6 Å². The minimum Gasteiger partial charge on any atom is -0.506 e. The van der Waals surface area contributed by atoms with Crippen molar-refractivity contribution in [3.63, 3.8) is 0 Å². The van der Waals surface area contributed by atoms with Gasteiger partial charge in [-0.25, -0.2) is 4.98 Å². The van der Waals surface area contributed by atoms with Gasteiger partial charge in [0, 0.05) is 30.5 Å². The molecule has 0 bridgehead atoms. The Morgan fingerprint density at radius 1 is 1.33 bits per heavy atom. The van der Waals surface area contributed by atoms with Crippen LogP contribution in [0.5, 0.6) is 5.75 Å². The van der Waals surface area contributed by atoms with Gasteiger partial charge in [0.2, 0.25) is 11.9 Å². The summed E-state index contributed by atoms with van der Waals surface area (Å²) in [6, 6.07) is 6.34. The van der Waals surface area contributed by atoms with Gasteiger partial charge < -0.3 is 14.6 Å². The number of aromatic hydroxyl groups is 1. The number of anilines is 1. The van der Waals surface area contributed by atoms with E-state index in [1.165, 1.54) is 12.1 Å². The van der Waals surface area contributed by atoms with Crippen LogP contribution in [0.1, 0.15) is 48.3 Å². The third-order valence-corrected chi connectivity index (χ3v) is 6.31. The molecule has 1 aliphatic heterocycles. The Bertz CT molecular complexity index is 1220. The molecule has 0 radical (unpaired) electrons. The van der Waals surface area contributed by atoms with Crippen molar-refractivity contribution in [3.8, 4) is 5.75 Å². The number of pyridine rings is 1. The number of carbonyl (C=O) groups is 2. The molecule has 2 aromatic heterocycles. The average Bonchev–Trinajstić information content (AvgIpc) is 3.02. The van der Waals surface area contributed by atoms with Crippen LogP contribution in [0.4, 0.5) is 5.95 Å². The summed E-state index contributed by atoms with van der Waals surface area (Å²) in [5, 5.41) is 13.3. The lowest BCUT2D eigenvalue weighted by Gasteiger charge is -2.26. The molecular weight excluding hydrogens is 442 g/mol. The molecule has 1 atom stereocenters. The van der Waals surface area contributed by atoms with E-state index in [4.69, 9.17) is 11.6 Å². The number of phenolic OH excluding ortho intramolecular Hbond substituents is 1. The number of aromatic nitrogens is 3. The molecule has 8 nitrogen and oxygen atoms in total. The van der Waals surface area contributed by atoms with E-state index >= 15 is 0 Å². The number of likely N-dealkylation sites (tertiary alicyclic amines) is 1. The lowest BCUT2D eigenvalue weighted by molar-refractivity contribution is -0.126. The molecule has 3 heterocycles. The number of imidazole rings is 1. The van der Waals surface area contributed by atoms with Crippen molar-refractivity contribution in [3.05, 3.63) is 59.4 Å². The maximum atomic E-state index is 13.1. The zero-order valence-electron chi connectivity index (χ0n) is 18.4. The zero-order valence-corrected chi connectivity index (χ0v) is 19.2. The molecule has 172 valence electrons. The number of carbonyl (C=O) groups excluding carboxylic acids is 2. The predicted octanol–water partition coefficient (Wildman–Crippen LogP) is 4.34. The summed E-state index contributed by atoms with van der Waals surface area (Å²) in [6.07, 6.45) is 6.14. The molecule has 2 amide bonds. The van der Waals surface area contributed by atoms with Crippen molar-refractivity contribution in [1.29, 1.82) is 0 Å². The largest absolute Gasteiger partial charge is 0.506 e. The third-order valence-electron chi connectivity index (χ3n) is 5.93. The normalized spacial score (nSPS) is 16.4. The van der Waals surface area contributed by atoms with Gasteiger partial charge in [0.05, 0.1) is 17.1 Å². The van der Waals surface area contributed by atoms with Crippen LogP contribution in [-0.2, 0) is 11.2 Å². The molecule has 1 fully saturated rings. The van der Waals surface area contributed by atoms with Crippen molar-refractivity contribution in [1.82, 2.24) is 19.4 Å². The molecule has 0 spiro atoms. The minimum absolute atomic E-state index is 0.0717. The standard InChI is InChI=1S/C24H26ClN5O3/c1-3-16-13-15(10-11-26-16)23(33)28-24-27-18-8-9-19(31)21(25)22(18)30(24)17-7-5-6-12-29(14-17)20(32)4-2/h4,8-11,13,17,31H,2-3,5-7,12,14H2,1H3,(H,27,28,33)/t17-/m1/s1. The number of aryl methyl sites for hydroxylation is 1. The fourth-order valence-electron chi connectivity index (χ4n) is 4.23. The van der Waals surface area contributed by atoms with Crippen molar-refractivity contribution >= 4 is 40.4 Å². The van der Waals surface area contributed by atoms with Gasteiger partial charge in [0.1, 0.15) is 10.8 Å². The molecule has 0 unspecified atom stereocenters. The second-order valence-electron chi connectivity index (χ2n) is 8.05. The molecule has 3 aromatic rings. The number of fused-ring (bicyclic) bond motifs is 1. The maximum absolute atomic E-state index is 13.1. The molecule has 33 heavy (non-hydrogen) atoms. The highest BCUT2D eigenvalue weighted by Crippen LogP contribution is 2.37. The topological polar surface area (TPSA) is 100 Å². The molecule has 9 heteroatoms. The Morgan fingerprint density at radius 2 is 2.15 bits per heavy atom. The van der Waals surface area contributed by atoms with Gasteiger partial charge in [-0.2, -0.15) is 0 Å². The van der Waals surface area contributed by atoms with Crippen LogP contribution in [0.15, 0.2) is 43.1 Å². The SMILES string of the molecule is C=CC(=O)N1CCCC[C@@H](n2c(NC(=O)c3ccnc(CC)c3)nc3ccc(O)c(Cl)c32)C1. The molecule has 0 saturated carbocycles. The highest BCUT2D eigenvalue weighted by Gasteiger charge is 2.28. The summed E-state index contributed by atoms with van der Waals surface area (Å²) in [5.74, 6) is -0.223. The Hall–Kier alpha value is -3.39. The van der Waals surface area contributed by atoms with Crippen LogP contribution >= 0.6 is 11.6 Å². The summed E-state index contributed by atoms with van der Waals surface area (Å²) in [6.45, 7) is 6.63. The van der Waals surface area contributed by atoms with Crippen molar-refractivity contribution in [2.24, 2.45) is 0 Å². The number of halogens is 1. The van der Waals surface area contributed by atoms with Gasteiger partial charge >= 0.3 is 0 Å². The first-order valence-electron chi connectivity index (χ1n) is 11.0. The number of hydrogen-bond donors (Lipinski definition) is 2. The fourth-order valence-corrected chi connectivity index (χ4v) is 4.48. The summed E-state index contributed by atoms with van der Waals surface area (Å²) in [7, 11) is 0. The molecule has 2 N–H and O–H groups in total. The number of hydrogen-bond acceptors (Lipinski definition) is 5. The van der Waals surface area contributed by atoms with E-state index in [9.17, 15) is 14.7 Å². The first kappa shape index (κ1) is 22.8. The number of amides is 2. The number of phenols is 1. The second kappa shape index (κ2) is 9.62. The highest BCUT2D eigenvalue weighted by atomic mass is 35.5. The number of nitrogens with zero attached hydrogens (tertiary/aromatic N) is 4. The van der Waals surface area contributed by atoms with Crippen LogP contribution in [0, 0.1) is 0 Å². The minimum atomic E-state index is -0.323. The average molecular weight is 468 g/mol. The fraction of sp³-hybridized carbons (Fsp3) is 0.333. The lowest BCUT2D eigenvalue weighted by atomic mass is 10.1. The first-order chi connectivity index (χ1) is 15.9. The van der Waals surface area contributed by atoms with Gasteiger partial charge in [0.15, 0.2) is 0 Å². The summed E-state index contributed by atoms with van der Waals surface area (Å²) in [5.41, 5.74) is 2.35. The first-order valence-corrected chi connectivity index (χ1v) is 11.4. The smallest absolute Gasteiger partial charge is 0.258 e. The van der Waals surface area contributed by atoms with Crippen LogP contribution in [-0.4, -0.2) is 49.4 Å². The van der Waals surface area contributed by atoms with E-state index in [1.807, 2.05) is 11.5 Å². The summed E-state index contributed by atoms with van der Waals surface area (Å²) >= 11 is 6.50. The maximum Gasteiger partial charge on any atom is 0.258 e. The third kappa shape index (κ3) is 4.57. The summed E-state index contributed by atoms with van der Waals surface area (Å²) < 4.78 is 1.84. The van der Waals surface area contributed by atoms with Gasteiger partial charge in [-0.3, -0.25) is 19.9 Å². The van der Waals surface area contributed by atoms with Crippen LogP contribution in [0.2, 0.25) is 5.02 Å². The van der Waals surface area contributed by atoms with Gasteiger partial charge in [0.25, 0.3) is 5.91 Å². The van der Waals surface area contributed by atoms with Crippen LogP contribution in [0.25, 0.3) is 11.0 Å². The van der Waals surface area contributed by atoms with E-state index in [2.05, 4.69) is 21.9 Å². The Morgan fingerprint density at radius 3 is 2.91 bits per heavy atom. The van der Waals surface area contributed by atoms with Gasteiger partial charge in [-0.1, -0.05) is 25.1 Å². The Labute approximate surface area is 196 Å². The van der Waals surface area contributed by atoms with Crippen molar-refractivity contribution < 1.29 is 14.7 Å². The summed E-state index contributed by atoms with van der Waals surface area (Å²) in [4.78, 5) is 36.1. The van der Waals surface area contributed by atoms with E-state index < -0.39 is 0 Å². The molecule has 1 aromatic carbocycles. The predicted molar refractivity (Wildman–Crippen MR) is 128 cm³/mol. The number of rotatable bonds is 5. The van der Waals surface area contributed by atoms with Gasteiger partial charge in [-0.15, -0.1) is 0 Å². The monoisotopic (exact) mass is 467 g/mol. The lowest BCUT2D eigenvalue weighted by Crippen LogP contribution is -2.34. The highest BCUT2D eigenvalue weighted by molar-refractivity contribution is 6.36. The number of nitrogens with one attached hydrogen (secondary N) is 1. The van der Waals surface area contributed by atoms with E-state index in [0.29, 0.717) is 42.1 Å². The Kier molecular flexibility index (Phi) is 6.65. The quantitative estimate of drug-likeness (QED) is 0.543. The van der Waals surface area contributed by atoms with Crippen LogP contribution < -0.4 is 5.32 Å². The van der Waals surface area contributed by atoms with Gasteiger partial charge in [-0.05, 0) is 56.0 Å². The molecule has 1 saturated heterocycles. The van der Waals surface area contributed by atoms with Crippen molar-refractivity contribution in [2.45, 2.75) is 38.6 Å².